The van der Waals surface area contributed by atoms with Gasteiger partial charge in [-0.25, -0.2) is 0 Å². The molecule has 2 atom stereocenters. The lowest BCUT2D eigenvalue weighted by Gasteiger charge is -2.20. The van der Waals surface area contributed by atoms with Crippen LogP contribution in [0, 0.1) is 0 Å². The Hall–Kier alpha value is -0.510. The summed E-state index contributed by atoms with van der Waals surface area (Å²) in [6, 6.07) is 9.43. The zero-order valence-corrected chi connectivity index (χ0v) is 13.9. The molecule has 0 aliphatic carbocycles. The Morgan fingerprint density at radius 2 is 1.90 bits per heavy atom. The molecule has 0 fully saturated rings. The Labute approximate surface area is 128 Å². The third-order valence-electron chi connectivity index (χ3n) is 3.45. The van der Waals surface area contributed by atoms with Crippen molar-refractivity contribution in [3.05, 3.63) is 35.4 Å². The summed E-state index contributed by atoms with van der Waals surface area (Å²) >= 11 is 1.94. The molecule has 1 aromatic carbocycles. The predicted molar refractivity (Wildman–Crippen MR) is 90.5 cm³/mol. The van der Waals surface area contributed by atoms with E-state index in [1.54, 1.807) is 0 Å². The summed E-state index contributed by atoms with van der Waals surface area (Å²) in [5.74, 6) is 1.06. The van der Waals surface area contributed by atoms with Gasteiger partial charge in [-0.1, -0.05) is 51.5 Å². The molecule has 1 rings (SSSR count). The van der Waals surface area contributed by atoms with Gasteiger partial charge in [0.05, 0.1) is 0 Å². The molecule has 0 spiro atoms. The van der Waals surface area contributed by atoms with Crippen LogP contribution >= 0.6 is 11.8 Å². The van der Waals surface area contributed by atoms with Gasteiger partial charge in [-0.3, -0.25) is 0 Å². The summed E-state index contributed by atoms with van der Waals surface area (Å²) in [5, 5.41) is 13.1. The maximum atomic E-state index is 8.97. The van der Waals surface area contributed by atoms with Crippen molar-refractivity contribution in [1.29, 1.82) is 0 Å². The van der Waals surface area contributed by atoms with Crippen LogP contribution in [0.2, 0.25) is 0 Å². The highest BCUT2D eigenvalue weighted by Gasteiger charge is 2.12. The van der Waals surface area contributed by atoms with Gasteiger partial charge in [0.1, 0.15) is 0 Å². The molecule has 0 bridgehead atoms. The summed E-state index contributed by atoms with van der Waals surface area (Å²) < 4.78 is 0. The minimum atomic E-state index is 0.283. The zero-order valence-electron chi connectivity index (χ0n) is 13.1. The average molecular weight is 295 g/mol. The maximum Gasteiger partial charge on any atom is 0.0441 e. The van der Waals surface area contributed by atoms with Crippen LogP contribution in [-0.2, 0) is 6.42 Å². The van der Waals surface area contributed by atoms with E-state index in [0.717, 1.165) is 25.1 Å². The van der Waals surface area contributed by atoms with Crippen LogP contribution in [-0.4, -0.2) is 29.3 Å². The first-order chi connectivity index (χ1) is 9.71. The topological polar surface area (TPSA) is 32.3 Å². The molecule has 0 radical (unpaired) electrons. The van der Waals surface area contributed by atoms with Gasteiger partial charge < -0.3 is 10.4 Å². The minimum Gasteiger partial charge on any atom is -0.396 e. The third kappa shape index (κ3) is 6.29. The second-order valence-electron chi connectivity index (χ2n) is 5.26. The quantitative estimate of drug-likeness (QED) is 0.689. The first kappa shape index (κ1) is 17.5. The van der Waals surface area contributed by atoms with Crippen molar-refractivity contribution in [1.82, 2.24) is 5.32 Å². The molecule has 20 heavy (non-hydrogen) atoms. The standard InChI is InChI=1S/C17H29NOS/c1-4-6-15-7-9-16(10-8-15)17(18-5-2)13-20-14(3)11-12-19/h7-10,14,17-19H,4-6,11-13H2,1-3H3. The third-order valence-corrected chi connectivity index (χ3v) is 4.78. The van der Waals surface area contributed by atoms with E-state index in [2.05, 4.69) is 50.4 Å². The fourth-order valence-corrected chi connectivity index (χ4v) is 3.35. The van der Waals surface area contributed by atoms with Gasteiger partial charge in [0.2, 0.25) is 0 Å². The molecule has 2 unspecified atom stereocenters. The van der Waals surface area contributed by atoms with E-state index in [0.29, 0.717) is 11.3 Å². The summed E-state index contributed by atoms with van der Waals surface area (Å²) in [5.41, 5.74) is 2.79. The van der Waals surface area contributed by atoms with E-state index >= 15 is 0 Å². The smallest absolute Gasteiger partial charge is 0.0441 e. The van der Waals surface area contributed by atoms with Crippen LogP contribution in [0.5, 0.6) is 0 Å². The van der Waals surface area contributed by atoms with Gasteiger partial charge >= 0.3 is 0 Å². The van der Waals surface area contributed by atoms with Gasteiger partial charge in [-0.2, -0.15) is 11.8 Å². The highest BCUT2D eigenvalue weighted by Crippen LogP contribution is 2.23. The molecule has 0 aliphatic heterocycles. The lowest BCUT2D eigenvalue weighted by molar-refractivity contribution is 0.289. The molecule has 2 N–H and O–H groups in total. The first-order valence-corrected chi connectivity index (χ1v) is 8.80. The van der Waals surface area contributed by atoms with E-state index in [-0.39, 0.29) is 6.61 Å². The van der Waals surface area contributed by atoms with E-state index in [1.165, 1.54) is 17.5 Å². The van der Waals surface area contributed by atoms with Crippen LogP contribution < -0.4 is 5.32 Å². The number of thioether (sulfide) groups is 1. The van der Waals surface area contributed by atoms with Crippen LogP contribution in [0.15, 0.2) is 24.3 Å². The van der Waals surface area contributed by atoms with E-state index in [4.69, 9.17) is 5.11 Å². The number of hydrogen-bond acceptors (Lipinski definition) is 3. The van der Waals surface area contributed by atoms with E-state index in [1.807, 2.05) is 11.8 Å². The fraction of sp³-hybridized carbons (Fsp3) is 0.647. The van der Waals surface area contributed by atoms with Crippen LogP contribution in [0.4, 0.5) is 0 Å². The summed E-state index contributed by atoms with van der Waals surface area (Å²) in [7, 11) is 0. The van der Waals surface area contributed by atoms with E-state index in [9.17, 15) is 0 Å². The minimum absolute atomic E-state index is 0.283. The van der Waals surface area contributed by atoms with E-state index < -0.39 is 0 Å². The van der Waals surface area contributed by atoms with Crippen molar-refractivity contribution in [3.63, 3.8) is 0 Å². The number of benzene rings is 1. The van der Waals surface area contributed by atoms with Crippen molar-refractivity contribution >= 4 is 11.8 Å². The van der Waals surface area contributed by atoms with Gasteiger partial charge in [0, 0.05) is 23.7 Å². The van der Waals surface area contributed by atoms with Crippen molar-refractivity contribution in [2.24, 2.45) is 0 Å². The molecule has 114 valence electrons. The second-order valence-corrected chi connectivity index (χ2v) is 6.73. The Morgan fingerprint density at radius 3 is 2.45 bits per heavy atom. The first-order valence-electron chi connectivity index (χ1n) is 7.75. The lowest BCUT2D eigenvalue weighted by Crippen LogP contribution is -2.23. The number of aryl methyl sites for hydroxylation is 1. The van der Waals surface area contributed by atoms with Crippen molar-refractivity contribution < 1.29 is 5.11 Å². The van der Waals surface area contributed by atoms with Crippen molar-refractivity contribution in [3.8, 4) is 0 Å². The highest BCUT2D eigenvalue weighted by molar-refractivity contribution is 7.99. The van der Waals surface area contributed by atoms with Crippen LogP contribution in [0.3, 0.4) is 0 Å². The van der Waals surface area contributed by atoms with Crippen LogP contribution in [0.25, 0.3) is 0 Å². The van der Waals surface area contributed by atoms with Gasteiger partial charge in [-0.15, -0.1) is 0 Å². The molecular weight excluding hydrogens is 266 g/mol. The van der Waals surface area contributed by atoms with Crippen molar-refractivity contribution in [2.45, 2.75) is 51.3 Å². The van der Waals surface area contributed by atoms with Crippen molar-refractivity contribution in [2.75, 3.05) is 18.9 Å². The molecule has 0 aliphatic rings. The SMILES string of the molecule is CCCc1ccc(C(CSC(C)CCO)NCC)cc1. The maximum absolute atomic E-state index is 8.97. The largest absolute Gasteiger partial charge is 0.396 e. The monoisotopic (exact) mass is 295 g/mol. The molecule has 2 nitrogen and oxygen atoms in total. The Bertz CT molecular complexity index is 353. The fourth-order valence-electron chi connectivity index (χ4n) is 2.25. The number of aliphatic hydroxyl groups is 1. The Morgan fingerprint density at radius 1 is 1.20 bits per heavy atom. The highest BCUT2D eigenvalue weighted by atomic mass is 32.2. The van der Waals surface area contributed by atoms with Gasteiger partial charge in [0.25, 0.3) is 0 Å². The molecule has 3 heteroatoms. The molecule has 0 saturated heterocycles. The molecule has 0 amide bonds. The molecule has 1 aromatic rings. The molecule has 0 heterocycles. The number of nitrogens with one attached hydrogen (secondary N) is 1. The van der Waals surface area contributed by atoms with Gasteiger partial charge in [-0.05, 0) is 30.5 Å². The summed E-state index contributed by atoms with van der Waals surface area (Å²) in [6.45, 7) is 7.82. The number of rotatable bonds is 10. The Kier molecular flexibility index (Phi) is 8.99. The average Bonchev–Trinajstić information content (AvgIpc) is 2.45. The predicted octanol–water partition coefficient (Wildman–Crippen LogP) is 3.79. The molecule has 0 saturated carbocycles. The summed E-state index contributed by atoms with van der Waals surface area (Å²) in [6.07, 6.45) is 3.23. The van der Waals surface area contributed by atoms with Crippen LogP contribution in [0.1, 0.15) is 50.8 Å². The number of aliphatic hydroxyl groups excluding tert-OH is 1. The second kappa shape index (κ2) is 10.3. The Balaban J connectivity index is 2.59. The zero-order chi connectivity index (χ0) is 14.8. The molecular formula is C17H29NOS. The summed E-state index contributed by atoms with van der Waals surface area (Å²) in [4.78, 5) is 0. The van der Waals surface area contributed by atoms with Gasteiger partial charge in [0.15, 0.2) is 0 Å². The lowest BCUT2D eigenvalue weighted by atomic mass is 10.0. The molecule has 0 aromatic heterocycles. The number of hydrogen-bond donors (Lipinski definition) is 2. The normalized spacial score (nSPS) is 14.2.